The first-order valence-corrected chi connectivity index (χ1v) is 14.8. The van der Waals surface area contributed by atoms with Crippen LogP contribution in [0.25, 0.3) is 0 Å². The average Bonchev–Trinajstić information content (AvgIpc) is 3.38. The molecule has 40 heavy (non-hydrogen) atoms. The summed E-state index contributed by atoms with van der Waals surface area (Å²) in [6.45, 7) is 17.0. The van der Waals surface area contributed by atoms with Gasteiger partial charge in [0.05, 0.1) is 0 Å². The molecule has 3 heteroatoms. The summed E-state index contributed by atoms with van der Waals surface area (Å²) in [5.74, 6) is -1.65. The molecule has 0 bridgehead atoms. The minimum Gasteiger partial charge on any atom is -0.851 e. The Morgan fingerprint density at radius 1 is 0.800 bits per heavy atom. The van der Waals surface area contributed by atoms with E-state index in [0.717, 1.165) is 56.6 Å². The molecule has 0 aliphatic heterocycles. The summed E-state index contributed by atoms with van der Waals surface area (Å²) in [5, 5.41) is 28.0. The smallest absolute Gasteiger partial charge is 0.126 e. The predicted octanol–water partition coefficient (Wildman–Crippen LogP) is 6.35. The van der Waals surface area contributed by atoms with E-state index in [9.17, 15) is 15.0 Å². The molecule has 5 rings (SSSR count). The molecule has 0 aromatic rings. The number of hydrogen-bond donors (Lipinski definition) is 0. The van der Waals surface area contributed by atoms with Crippen molar-refractivity contribution in [1.82, 2.24) is 0 Å². The minimum atomic E-state index is -1.56. The van der Waals surface area contributed by atoms with Gasteiger partial charge in [0.15, 0.2) is 0 Å². The monoisotopic (exact) mass is 534 g/mol. The summed E-state index contributed by atoms with van der Waals surface area (Å²) >= 11 is 0. The van der Waals surface area contributed by atoms with Gasteiger partial charge in [0.1, 0.15) is 5.78 Å². The Morgan fingerprint density at radius 3 is 2.17 bits per heavy atom. The van der Waals surface area contributed by atoms with E-state index in [0.29, 0.717) is 11.8 Å². The molecule has 5 unspecified atom stereocenters. The maximum Gasteiger partial charge on any atom is 0.126 e. The highest BCUT2D eigenvalue weighted by Gasteiger charge is 2.46. The second kappa shape index (κ2) is 10.8. The van der Waals surface area contributed by atoms with Gasteiger partial charge in [0.25, 0.3) is 0 Å². The fourth-order valence-electron chi connectivity index (χ4n) is 6.96. The number of rotatable bonds is 4. The number of ketones is 1. The van der Waals surface area contributed by atoms with Crippen LogP contribution in [0.5, 0.6) is 0 Å². The van der Waals surface area contributed by atoms with Gasteiger partial charge in [-0.25, -0.2) is 0 Å². The van der Waals surface area contributed by atoms with E-state index in [-0.39, 0.29) is 5.92 Å². The van der Waals surface area contributed by atoms with Crippen molar-refractivity contribution in [3.8, 4) is 0 Å². The Morgan fingerprint density at radius 2 is 1.50 bits per heavy atom. The van der Waals surface area contributed by atoms with E-state index < -0.39 is 29.8 Å². The molecular formula is C37H42O3-2. The van der Waals surface area contributed by atoms with Gasteiger partial charge in [0.2, 0.25) is 0 Å². The second-order valence-corrected chi connectivity index (χ2v) is 12.9. The van der Waals surface area contributed by atoms with Crippen LogP contribution >= 0.6 is 0 Å². The van der Waals surface area contributed by atoms with Crippen LogP contribution in [-0.2, 0) is 4.79 Å². The Labute approximate surface area is 240 Å². The lowest BCUT2D eigenvalue weighted by molar-refractivity contribution is -0.459. The molecule has 1 saturated carbocycles. The van der Waals surface area contributed by atoms with Crippen LogP contribution in [0.15, 0.2) is 116 Å². The number of Topliss-reactive ketones (excluding diaryl/α,β-unsaturated/α-hetero) is 1. The first-order chi connectivity index (χ1) is 18.9. The zero-order chi connectivity index (χ0) is 29.0. The molecule has 5 aliphatic carbocycles. The number of hydrogen-bond acceptors (Lipinski definition) is 3. The summed E-state index contributed by atoms with van der Waals surface area (Å²) in [6, 6.07) is 0. The molecule has 210 valence electrons. The Hall–Kier alpha value is -3.01. The van der Waals surface area contributed by atoms with Crippen molar-refractivity contribution in [2.75, 3.05) is 0 Å². The van der Waals surface area contributed by atoms with Crippen molar-refractivity contribution in [3.63, 3.8) is 0 Å². The van der Waals surface area contributed by atoms with Gasteiger partial charge in [-0.3, -0.25) is 0 Å². The number of fused-ring (bicyclic) bond motifs is 2. The van der Waals surface area contributed by atoms with Gasteiger partial charge in [-0.05, 0) is 102 Å². The molecule has 0 amide bonds. The summed E-state index contributed by atoms with van der Waals surface area (Å²) in [7, 11) is 0. The molecule has 0 N–H and O–H groups in total. The zero-order valence-corrected chi connectivity index (χ0v) is 25.2. The van der Waals surface area contributed by atoms with Gasteiger partial charge >= 0.3 is 0 Å². The van der Waals surface area contributed by atoms with Crippen LogP contribution in [-0.4, -0.2) is 18.0 Å². The topological polar surface area (TPSA) is 63.2 Å². The molecule has 0 aromatic heterocycles. The summed E-state index contributed by atoms with van der Waals surface area (Å²) in [5.41, 5.74) is 11.7. The van der Waals surface area contributed by atoms with E-state index in [4.69, 9.17) is 0 Å². The maximum atomic E-state index is 14.3. The summed E-state index contributed by atoms with van der Waals surface area (Å²) in [4.78, 5) is 13.7. The molecule has 1 fully saturated rings. The van der Waals surface area contributed by atoms with Gasteiger partial charge in [-0.15, -0.1) is 6.10 Å². The first-order valence-electron chi connectivity index (χ1n) is 14.8. The molecule has 0 heterocycles. The van der Waals surface area contributed by atoms with Crippen LogP contribution in [0.2, 0.25) is 0 Å². The van der Waals surface area contributed by atoms with Crippen molar-refractivity contribution >= 4 is 5.78 Å². The molecular weight excluding hydrogens is 492 g/mol. The Kier molecular flexibility index (Phi) is 7.67. The summed E-state index contributed by atoms with van der Waals surface area (Å²) in [6.07, 6.45) is 17.1. The first kappa shape index (κ1) is 28.5. The fourth-order valence-corrected chi connectivity index (χ4v) is 6.96. The minimum absolute atomic E-state index is 0.159. The third-order valence-electron chi connectivity index (χ3n) is 9.26. The van der Waals surface area contributed by atoms with E-state index in [1.165, 1.54) is 11.1 Å². The zero-order valence-electron chi connectivity index (χ0n) is 25.2. The molecule has 5 atom stereocenters. The SMILES string of the molecule is CC1=C2C\C=C(C(C)C)/C=C(C)\C=C/2C(C2C([O-])C(=O)C(C3=CC(C)=C4C=C(C(C)C)/C=C\C(C)=C/C34)C2[O-])=C1. The molecule has 0 saturated heterocycles. The van der Waals surface area contributed by atoms with Crippen molar-refractivity contribution in [2.24, 2.45) is 29.6 Å². The quantitative estimate of drug-likeness (QED) is 0.422. The van der Waals surface area contributed by atoms with Crippen molar-refractivity contribution in [1.29, 1.82) is 0 Å². The van der Waals surface area contributed by atoms with Crippen LogP contribution in [0.4, 0.5) is 0 Å². The predicted molar refractivity (Wildman–Crippen MR) is 160 cm³/mol. The fraction of sp³-hybridized carbons (Fsp3) is 0.432. The number of carbonyl (C=O) groups excluding carboxylic acids is 1. The van der Waals surface area contributed by atoms with Crippen LogP contribution in [0, 0.1) is 29.6 Å². The second-order valence-electron chi connectivity index (χ2n) is 12.9. The van der Waals surface area contributed by atoms with Crippen molar-refractivity contribution < 1.29 is 15.0 Å². The third-order valence-corrected chi connectivity index (χ3v) is 9.26. The largest absolute Gasteiger partial charge is 0.851 e. The average molecular weight is 535 g/mol. The molecule has 0 radical (unpaired) electrons. The van der Waals surface area contributed by atoms with Crippen LogP contribution in [0.3, 0.4) is 0 Å². The number of allylic oxidation sites excluding steroid dienone is 18. The molecule has 5 aliphatic rings. The Balaban J connectivity index is 1.51. The van der Waals surface area contributed by atoms with Gasteiger partial charge in [-0.2, -0.15) is 0 Å². The van der Waals surface area contributed by atoms with Crippen LogP contribution in [0.1, 0.15) is 61.8 Å². The highest BCUT2D eigenvalue weighted by molar-refractivity contribution is 5.93. The van der Waals surface area contributed by atoms with Crippen molar-refractivity contribution in [2.45, 2.75) is 74.0 Å². The standard InChI is InChI=1S/C37H42O3/c1-19(2)25-11-12-27-23(7)16-31(29(27)15-22(6)13-25)33-35(38)34(37(40)36(33)39)32-17-24(8)28-18-26(20(3)4)10-9-21(5)14-30(28)32/h9-11,13-20,30,33-36H,12H2,1-8H3/q-2/b10-9-,21-14-,22-13-,25-11+,26-18?,29-15+. The lowest BCUT2D eigenvalue weighted by Gasteiger charge is -2.36. The van der Waals surface area contributed by atoms with E-state index in [1.807, 2.05) is 12.2 Å². The van der Waals surface area contributed by atoms with Gasteiger partial charge < -0.3 is 15.0 Å². The summed E-state index contributed by atoms with van der Waals surface area (Å²) < 4.78 is 0. The van der Waals surface area contributed by atoms with E-state index >= 15 is 0 Å². The third kappa shape index (κ3) is 4.88. The molecule has 3 nitrogen and oxygen atoms in total. The van der Waals surface area contributed by atoms with E-state index in [2.05, 4.69) is 97.9 Å². The molecule has 0 spiro atoms. The normalized spacial score (nSPS) is 36.6. The van der Waals surface area contributed by atoms with Crippen molar-refractivity contribution in [3.05, 3.63) is 116 Å². The number of carbonyl (C=O) groups is 1. The lowest BCUT2D eigenvalue weighted by Crippen LogP contribution is -2.42. The van der Waals surface area contributed by atoms with Crippen LogP contribution < -0.4 is 10.2 Å². The van der Waals surface area contributed by atoms with Gasteiger partial charge in [0, 0.05) is 11.8 Å². The Bertz CT molecular complexity index is 1450. The lowest BCUT2D eigenvalue weighted by atomic mass is 9.79. The highest BCUT2D eigenvalue weighted by atomic mass is 16.3. The maximum absolute atomic E-state index is 14.3. The van der Waals surface area contributed by atoms with E-state index in [1.54, 1.807) is 0 Å². The molecule has 0 aromatic carbocycles. The highest BCUT2D eigenvalue weighted by Crippen LogP contribution is 2.49. The van der Waals surface area contributed by atoms with Gasteiger partial charge in [-0.1, -0.05) is 99.6 Å².